The molecule has 6 nitrogen and oxygen atoms in total. The summed E-state index contributed by atoms with van der Waals surface area (Å²) in [5, 5.41) is 3.54. The maximum Gasteiger partial charge on any atom is 0.262 e. The van der Waals surface area contributed by atoms with Crippen LogP contribution in [0.5, 0.6) is 0 Å². The molecular formula is C17H25N4O2S+. The fraction of sp³-hybridized carbons (Fsp3) is 0.471. The predicted molar refractivity (Wildman–Crippen MR) is 97.7 cm³/mol. The molecule has 1 atom stereocenters. The van der Waals surface area contributed by atoms with Crippen molar-refractivity contribution in [2.45, 2.75) is 30.3 Å². The lowest BCUT2D eigenvalue weighted by atomic mass is 10.2. The number of nitrogens with one attached hydrogen (secondary N) is 2. The zero-order valence-electron chi connectivity index (χ0n) is 14.6. The third-order valence-electron chi connectivity index (χ3n) is 3.78. The number of hydrogen-bond donors (Lipinski definition) is 2. The van der Waals surface area contributed by atoms with Gasteiger partial charge in [0.05, 0.1) is 36.8 Å². The maximum absolute atomic E-state index is 12.8. The fourth-order valence-electron chi connectivity index (χ4n) is 2.44. The summed E-state index contributed by atoms with van der Waals surface area (Å²) in [4.78, 5) is 30.6. The van der Waals surface area contributed by atoms with Crippen LogP contribution in [0.1, 0.15) is 13.3 Å². The zero-order chi connectivity index (χ0) is 17.7. The van der Waals surface area contributed by atoms with E-state index in [2.05, 4.69) is 24.4 Å². The molecule has 24 heavy (non-hydrogen) atoms. The number of carbonyl (C=O) groups excluding carboxylic acids is 1. The zero-order valence-corrected chi connectivity index (χ0v) is 15.4. The molecule has 130 valence electrons. The van der Waals surface area contributed by atoms with Crippen LogP contribution in [0.25, 0.3) is 10.9 Å². The Kier molecular flexibility index (Phi) is 6.39. The molecule has 0 unspecified atom stereocenters. The second kappa shape index (κ2) is 8.30. The van der Waals surface area contributed by atoms with Gasteiger partial charge in [-0.25, -0.2) is 4.98 Å². The standard InChI is InChI=1S/C17H24N4O2S/c1-12(15(22)18-2)24-17-19-14-9-6-5-8-13(14)16(23)21(17)11-7-10-20(3)4/h5-6,8-9,12H,7,10-11H2,1-4H3,(H,18,22)/p+1/t12-/m1/s1. The summed E-state index contributed by atoms with van der Waals surface area (Å²) in [7, 11) is 5.79. The molecule has 1 aromatic carbocycles. The second-order valence-electron chi connectivity index (χ2n) is 6.05. The molecule has 1 aromatic heterocycles. The van der Waals surface area contributed by atoms with Gasteiger partial charge in [-0.3, -0.25) is 14.2 Å². The average Bonchev–Trinajstić information content (AvgIpc) is 2.56. The number of thioether (sulfide) groups is 1. The molecule has 0 aliphatic carbocycles. The van der Waals surface area contributed by atoms with Gasteiger partial charge in [-0.1, -0.05) is 23.9 Å². The van der Waals surface area contributed by atoms with Gasteiger partial charge in [0.1, 0.15) is 0 Å². The van der Waals surface area contributed by atoms with Crippen molar-refractivity contribution in [3.63, 3.8) is 0 Å². The van der Waals surface area contributed by atoms with E-state index >= 15 is 0 Å². The number of quaternary nitrogens is 1. The summed E-state index contributed by atoms with van der Waals surface area (Å²) in [6.07, 6.45) is 0.879. The van der Waals surface area contributed by atoms with Crippen LogP contribution in [-0.2, 0) is 11.3 Å². The monoisotopic (exact) mass is 349 g/mol. The number of carbonyl (C=O) groups is 1. The summed E-state index contributed by atoms with van der Waals surface area (Å²) < 4.78 is 1.70. The Morgan fingerprint density at radius 3 is 2.75 bits per heavy atom. The van der Waals surface area contributed by atoms with Gasteiger partial charge in [0.2, 0.25) is 5.91 Å². The molecule has 0 spiro atoms. The first-order chi connectivity index (χ1) is 11.4. The van der Waals surface area contributed by atoms with Gasteiger partial charge in [0, 0.05) is 20.0 Å². The van der Waals surface area contributed by atoms with Crippen molar-refractivity contribution < 1.29 is 9.69 Å². The van der Waals surface area contributed by atoms with Crippen molar-refractivity contribution in [1.82, 2.24) is 14.9 Å². The number of nitrogens with zero attached hydrogens (tertiary/aromatic N) is 2. The van der Waals surface area contributed by atoms with Crippen LogP contribution >= 0.6 is 11.8 Å². The molecule has 0 fully saturated rings. The van der Waals surface area contributed by atoms with Crippen molar-refractivity contribution in [3.05, 3.63) is 34.6 Å². The van der Waals surface area contributed by atoms with Crippen molar-refractivity contribution in [3.8, 4) is 0 Å². The number of fused-ring (bicyclic) bond motifs is 1. The summed E-state index contributed by atoms with van der Waals surface area (Å²) in [6.45, 7) is 3.39. The van der Waals surface area contributed by atoms with Gasteiger partial charge in [0.15, 0.2) is 5.16 Å². The first-order valence-electron chi connectivity index (χ1n) is 8.11. The Balaban J connectivity index is 2.41. The summed E-state index contributed by atoms with van der Waals surface area (Å²) in [6, 6.07) is 7.35. The number of benzene rings is 1. The van der Waals surface area contributed by atoms with Crippen LogP contribution in [-0.4, -0.2) is 48.4 Å². The Bertz CT molecular complexity index is 773. The molecule has 1 heterocycles. The first-order valence-corrected chi connectivity index (χ1v) is 8.99. The minimum atomic E-state index is -0.311. The van der Waals surface area contributed by atoms with Gasteiger partial charge in [0.25, 0.3) is 5.56 Å². The second-order valence-corrected chi connectivity index (χ2v) is 7.36. The van der Waals surface area contributed by atoms with Crippen molar-refractivity contribution >= 4 is 28.6 Å². The lowest BCUT2D eigenvalue weighted by molar-refractivity contribution is -0.858. The third kappa shape index (κ3) is 4.36. The number of amides is 1. The largest absolute Gasteiger partial charge is 0.358 e. The van der Waals surface area contributed by atoms with Crippen LogP contribution in [0.3, 0.4) is 0 Å². The van der Waals surface area contributed by atoms with E-state index in [1.165, 1.54) is 16.7 Å². The van der Waals surface area contributed by atoms with E-state index in [0.29, 0.717) is 22.6 Å². The highest BCUT2D eigenvalue weighted by Crippen LogP contribution is 2.22. The predicted octanol–water partition coefficient (Wildman–Crippen LogP) is 0.158. The number of hydrogen-bond acceptors (Lipinski definition) is 4. The highest BCUT2D eigenvalue weighted by atomic mass is 32.2. The van der Waals surface area contributed by atoms with Gasteiger partial charge in [-0.2, -0.15) is 0 Å². The Morgan fingerprint density at radius 2 is 2.08 bits per heavy atom. The van der Waals surface area contributed by atoms with Crippen molar-refractivity contribution in [1.29, 1.82) is 0 Å². The topological polar surface area (TPSA) is 68.4 Å². The smallest absolute Gasteiger partial charge is 0.262 e. The van der Waals surface area contributed by atoms with Crippen LogP contribution in [0.4, 0.5) is 0 Å². The number of para-hydroxylation sites is 1. The van der Waals surface area contributed by atoms with Gasteiger partial charge in [-0.15, -0.1) is 0 Å². The molecule has 0 bridgehead atoms. The van der Waals surface area contributed by atoms with Crippen molar-refractivity contribution in [2.24, 2.45) is 0 Å². The van der Waals surface area contributed by atoms with E-state index in [1.807, 2.05) is 25.1 Å². The van der Waals surface area contributed by atoms with Gasteiger partial charge in [-0.05, 0) is 19.1 Å². The van der Waals surface area contributed by atoms with Crippen LogP contribution in [0, 0.1) is 0 Å². The van der Waals surface area contributed by atoms with E-state index < -0.39 is 0 Å². The lowest BCUT2D eigenvalue weighted by Gasteiger charge is -2.16. The molecule has 2 rings (SSSR count). The quantitative estimate of drug-likeness (QED) is 0.552. The molecular weight excluding hydrogens is 324 g/mol. The maximum atomic E-state index is 12.8. The van der Waals surface area contributed by atoms with Crippen LogP contribution in [0.15, 0.2) is 34.2 Å². The van der Waals surface area contributed by atoms with Gasteiger partial charge >= 0.3 is 0 Å². The minimum absolute atomic E-state index is 0.0408. The normalized spacial score (nSPS) is 12.5. The molecule has 0 saturated carbocycles. The Hall–Kier alpha value is -1.86. The molecule has 0 saturated heterocycles. The first kappa shape index (κ1) is 18.5. The lowest BCUT2D eigenvalue weighted by Crippen LogP contribution is -3.05. The van der Waals surface area contributed by atoms with Gasteiger partial charge < -0.3 is 10.2 Å². The van der Waals surface area contributed by atoms with E-state index in [-0.39, 0.29) is 16.7 Å². The molecule has 1 amide bonds. The molecule has 7 heteroatoms. The summed E-state index contributed by atoms with van der Waals surface area (Å²) >= 11 is 1.32. The Morgan fingerprint density at radius 1 is 1.38 bits per heavy atom. The molecule has 0 radical (unpaired) electrons. The van der Waals surface area contributed by atoms with Crippen LogP contribution in [0.2, 0.25) is 0 Å². The highest BCUT2D eigenvalue weighted by molar-refractivity contribution is 8.00. The molecule has 2 aromatic rings. The SMILES string of the molecule is CNC(=O)[C@@H](C)Sc1nc2ccccc2c(=O)n1CCC[NH+](C)C. The summed E-state index contributed by atoms with van der Waals surface area (Å²) in [5.74, 6) is -0.0771. The molecule has 0 aliphatic rings. The van der Waals surface area contributed by atoms with Crippen LogP contribution < -0.4 is 15.8 Å². The fourth-order valence-corrected chi connectivity index (χ4v) is 3.43. The third-order valence-corrected chi connectivity index (χ3v) is 4.87. The number of aromatic nitrogens is 2. The highest BCUT2D eigenvalue weighted by Gasteiger charge is 2.18. The molecule has 0 aliphatic heterocycles. The van der Waals surface area contributed by atoms with E-state index in [9.17, 15) is 9.59 Å². The summed E-state index contributed by atoms with van der Waals surface area (Å²) in [5.41, 5.74) is 0.629. The number of rotatable bonds is 7. The van der Waals surface area contributed by atoms with E-state index in [4.69, 9.17) is 0 Å². The minimum Gasteiger partial charge on any atom is -0.358 e. The average molecular weight is 349 g/mol. The van der Waals surface area contributed by atoms with E-state index in [1.54, 1.807) is 17.7 Å². The van der Waals surface area contributed by atoms with Crippen molar-refractivity contribution in [2.75, 3.05) is 27.7 Å². The van der Waals surface area contributed by atoms with E-state index in [0.717, 1.165) is 13.0 Å². The molecule has 2 N–H and O–H groups in total. The Labute approximate surface area is 146 Å².